The lowest BCUT2D eigenvalue weighted by atomic mass is 10.0. The molecule has 2 fully saturated rings. The number of aliphatic hydroxyl groups excluding tert-OH is 1. The van der Waals surface area contributed by atoms with Gasteiger partial charge in [0.15, 0.2) is 0 Å². The van der Waals surface area contributed by atoms with Gasteiger partial charge in [-0.15, -0.1) is 7.92 Å². The Morgan fingerprint density at radius 2 is 1.18 bits per heavy atom. The van der Waals surface area contributed by atoms with E-state index in [2.05, 4.69) is 64.8 Å². The van der Waals surface area contributed by atoms with Gasteiger partial charge in [0.05, 0.1) is 12.3 Å². The zero-order chi connectivity index (χ0) is 26.8. The van der Waals surface area contributed by atoms with Crippen molar-refractivity contribution in [2.75, 3.05) is 65.3 Å². The summed E-state index contributed by atoms with van der Waals surface area (Å²) in [5.74, 6) is -0.115. The lowest BCUT2D eigenvalue weighted by Crippen LogP contribution is -2.24. The molecule has 34 heavy (non-hydrogen) atoms. The van der Waals surface area contributed by atoms with Gasteiger partial charge in [-0.25, -0.2) is 0 Å². The minimum Gasteiger partial charge on any atom is -0.481 e. The third kappa shape index (κ3) is 15.8. The maximum Gasteiger partial charge on any atom is 0.307 e. The van der Waals surface area contributed by atoms with Crippen LogP contribution in [0, 0.1) is 11.8 Å². The summed E-state index contributed by atoms with van der Waals surface area (Å²) in [7, 11) is 4.51. The lowest BCUT2D eigenvalue weighted by Gasteiger charge is -2.15. The molecule has 2 heterocycles. The number of carbonyl (C=O) groups excluding carboxylic acids is 1. The molecule has 2 aliphatic heterocycles. The van der Waals surface area contributed by atoms with Crippen molar-refractivity contribution in [3.63, 3.8) is 0 Å². The molecule has 8 heteroatoms. The molecule has 0 saturated carbocycles. The van der Waals surface area contributed by atoms with Gasteiger partial charge in [-0.1, -0.05) is 42.5 Å². The summed E-state index contributed by atoms with van der Waals surface area (Å²) in [5, 5.41) is 17.1. The van der Waals surface area contributed by atoms with Crippen LogP contribution in [0.25, 0.3) is 0 Å². The van der Waals surface area contributed by atoms with Crippen molar-refractivity contribution in [2.45, 2.75) is 79.3 Å². The van der Waals surface area contributed by atoms with E-state index in [4.69, 9.17) is 10.2 Å². The van der Waals surface area contributed by atoms with Crippen molar-refractivity contribution >= 4 is 27.6 Å². The molecule has 2 N–H and O–H groups in total. The average Bonchev–Trinajstić information content (AvgIpc) is 3.41. The molecule has 0 aromatic heterocycles. The fourth-order valence-corrected chi connectivity index (χ4v) is 4.56. The molecule has 0 aromatic carbocycles. The number of likely N-dealkylation sites (tertiary alicyclic amines) is 2. The van der Waals surface area contributed by atoms with E-state index in [0.29, 0.717) is 44.6 Å². The Morgan fingerprint density at radius 1 is 0.794 bits per heavy atom. The summed E-state index contributed by atoms with van der Waals surface area (Å²) in [6.07, 6.45) is 8.44. The van der Waals surface area contributed by atoms with E-state index >= 15 is 0 Å². The van der Waals surface area contributed by atoms with Crippen LogP contribution in [0.1, 0.15) is 67.2 Å². The van der Waals surface area contributed by atoms with Crippen LogP contribution in [0.5, 0.6) is 0 Å². The van der Waals surface area contributed by atoms with Crippen molar-refractivity contribution < 1.29 is 19.8 Å². The maximum absolute atomic E-state index is 11.0. The normalized spacial score (nSPS) is 25.4. The quantitative estimate of drug-likeness (QED) is 0.421. The first-order valence-electron chi connectivity index (χ1n) is 13.0. The van der Waals surface area contributed by atoms with Crippen LogP contribution in [0.4, 0.5) is 0 Å². The van der Waals surface area contributed by atoms with Gasteiger partial charge in [-0.3, -0.25) is 9.59 Å². The molecular formula is C26H56N2O4P2. The summed E-state index contributed by atoms with van der Waals surface area (Å²) in [5.41, 5.74) is 0. The van der Waals surface area contributed by atoms with Gasteiger partial charge in [0.25, 0.3) is 0 Å². The van der Waals surface area contributed by atoms with E-state index in [9.17, 15) is 9.59 Å². The molecule has 0 amide bonds. The van der Waals surface area contributed by atoms with Gasteiger partial charge < -0.3 is 20.0 Å². The van der Waals surface area contributed by atoms with Gasteiger partial charge in [-0.2, -0.15) is 0 Å². The lowest BCUT2D eigenvalue weighted by molar-refractivity contribution is -0.141. The third-order valence-corrected chi connectivity index (χ3v) is 10.8. The second-order valence-electron chi connectivity index (χ2n) is 9.62. The largest absolute Gasteiger partial charge is 0.481 e. The Balaban J connectivity index is 0. The molecule has 0 aromatic rings. The smallest absolute Gasteiger partial charge is 0.307 e. The van der Waals surface area contributed by atoms with E-state index in [0.717, 1.165) is 32.0 Å². The number of carboxylic acid groups (broad SMARTS) is 1. The van der Waals surface area contributed by atoms with E-state index in [1.165, 1.54) is 18.7 Å². The molecule has 2 saturated heterocycles. The fourth-order valence-electron chi connectivity index (χ4n) is 3.91. The number of Topliss-reactive ketones (excluding diaryl/α,β-unsaturated/α-hetero) is 1. The molecule has 1 unspecified atom stereocenters. The van der Waals surface area contributed by atoms with Crippen molar-refractivity contribution in [1.82, 2.24) is 9.80 Å². The first kappa shape index (κ1) is 36.0. The molecule has 2 rings (SSSR count). The van der Waals surface area contributed by atoms with Crippen LogP contribution in [0.15, 0.2) is 0 Å². The number of carboxylic acids is 1. The number of aliphatic carboxylic acids is 1. The number of hydrogen-bond acceptors (Lipinski definition) is 5. The Bertz CT molecular complexity index is 485. The zero-order valence-corrected chi connectivity index (χ0v) is 25.7. The number of hydrogen-bond donors (Lipinski definition) is 2. The fraction of sp³-hybridized carbons (Fsp3) is 0.923. The molecule has 5 atom stereocenters. The summed E-state index contributed by atoms with van der Waals surface area (Å²) < 4.78 is 0. The van der Waals surface area contributed by atoms with Crippen LogP contribution >= 0.6 is 15.8 Å². The topological polar surface area (TPSA) is 81.1 Å². The van der Waals surface area contributed by atoms with Crippen molar-refractivity contribution in [2.24, 2.45) is 11.8 Å². The number of aliphatic hydroxyl groups is 1. The van der Waals surface area contributed by atoms with Crippen molar-refractivity contribution in [3.05, 3.63) is 0 Å². The van der Waals surface area contributed by atoms with E-state index in [1.807, 2.05) is 7.05 Å². The third-order valence-electron chi connectivity index (χ3n) is 7.10. The highest BCUT2D eigenvalue weighted by Gasteiger charge is 2.32. The Hall–Kier alpha value is -0.120. The van der Waals surface area contributed by atoms with Gasteiger partial charge in [0.2, 0.25) is 0 Å². The Morgan fingerprint density at radius 3 is 1.32 bits per heavy atom. The predicted octanol–water partition coefficient (Wildman–Crippen LogP) is 5.31. The maximum atomic E-state index is 11.0. The van der Waals surface area contributed by atoms with Crippen LogP contribution in [-0.2, 0) is 9.59 Å². The van der Waals surface area contributed by atoms with Crippen LogP contribution < -0.4 is 0 Å². The average molecular weight is 523 g/mol. The molecule has 0 aliphatic carbocycles. The summed E-state index contributed by atoms with van der Waals surface area (Å²) in [6.45, 7) is 18.7. The van der Waals surface area contributed by atoms with Gasteiger partial charge in [0.1, 0.15) is 5.78 Å². The Kier molecular flexibility index (Phi) is 22.3. The first-order valence-corrected chi connectivity index (χ1v) is 17.3. The highest BCUT2D eigenvalue weighted by Crippen LogP contribution is 2.27. The molecule has 204 valence electrons. The van der Waals surface area contributed by atoms with Gasteiger partial charge in [0, 0.05) is 31.1 Å². The predicted molar refractivity (Wildman–Crippen MR) is 152 cm³/mol. The van der Waals surface area contributed by atoms with E-state index in [-0.39, 0.29) is 13.8 Å². The second-order valence-corrected chi connectivity index (χ2v) is 15.2. The summed E-state index contributed by atoms with van der Waals surface area (Å²) >= 11 is 0. The summed E-state index contributed by atoms with van der Waals surface area (Å²) in [4.78, 5) is 26.0. The highest BCUT2D eigenvalue weighted by molar-refractivity contribution is 7.56. The van der Waals surface area contributed by atoms with Crippen molar-refractivity contribution in [3.8, 4) is 0 Å². The highest BCUT2D eigenvalue weighted by atomic mass is 31.1. The standard InChI is InChI=1S/C9H17NO.C8H15NO2.C5H13P.C4H11OP/c1-4-9-5-8(7(2)11)6-10(9)3;1-3-7-4-6(8(10)11)5-9(7)2;1-4-6(3)5-2;1-3-6(2)4-5/h8-9H,4-6H2,1-3H3;6-7H,3-5H2,1-2H3,(H,10,11);4-5H2,1-3H3;5H,3-4H2,1-2H3/t8-,9+;6-,7+;;/m00../s1. The molecular weight excluding hydrogens is 466 g/mol. The summed E-state index contributed by atoms with van der Waals surface area (Å²) in [6, 6.07) is 1.12. The minimum atomic E-state index is -0.646. The molecule has 0 bridgehead atoms. The monoisotopic (exact) mass is 522 g/mol. The van der Waals surface area contributed by atoms with Gasteiger partial charge >= 0.3 is 5.97 Å². The zero-order valence-electron chi connectivity index (χ0n) is 23.9. The molecule has 0 spiro atoms. The van der Waals surface area contributed by atoms with Crippen LogP contribution in [0.2, 0.25) is 0 Å². The second kappa shape index (κ2) is 21.0. The van der Waals surface area contributed by atoms with Gasteiger partial charge in [-0.05, 0) is 78.5 Å². The minimum absolute atomic E-state index is 0.0206. The first-order chi connectivity index (χ1) is 15.9. The number of rotatable bonds is 8. The molecule has 0 radical (unpaired) electrons. The van der Waals surface area contributed by atoms with E-state index in [1.54, 1.807) is 6.92 Å². The SMILES string of the molecule is CCP(C)CC.CCP(C)CO.CC[C@@H]1C[C@H](C(=O)O)CN1C.CC[C@@H]1C[C@H](C(C)=O)CN1C. The number of ketones is 1. The number of carbonyl (C=O) groups is 2. The van der Waals surface area contributed by atoms with Crippen LogP contribution in [-0.4, -0.2) is 109 Å². The van der Waals surface area contributed by atoms with Crippen molar-refractivity contribution in [1.29, 1.82) is 0 Å². The van der Waals surface area contributed by atoms with Crippen LogP contribution in [0.3, 0.4) is 0 Å². The molecule has 2 aliphatic rings. The Labute approximate surface area is 213 Å². The van der Waals surface area contributed by atoms with E-state index < -0.39 is 5.97 Å². The number of nitrogens with zero attached hydrogens (tertiary/aromatic N) is 2. The molecule has 6 nitrogen and oxygen atoms in total.